The predicted molar refractivity (Wildman–Crippen MR) is 58.4 cm³/mol. The highest BCUT2D eigenvalue weighted by Gasteiger charge is 2.04. The zero-order chi connectivity index (χ0) is 13.3. The lowest BCUT2D eigenvalue weighted by molar-refractivity contribution is -0.122. The first-order chi connectivity index (χ1) is 7.95. The van der Waals surface area contributed by atoms with Gasteiger partial charge in [-0.1, -0.05) is 6.58 Å². The Hall–Kier alpha value is -2.56. The first kappa shape index (κ1) is 14.4. The van der Waals surface area contributed by atoms with Crippen LogP contribution in [0.15, 0.2) is 12.3 Å². The van der Waals surface area contributed by atoms with E-state index >= 15 is 0 Å². The Kier molecular flexibility index (Phi) is 6.54. The Labute approximate surface area is 97.8 Å². The molecule has 0 fully saturated rings. The number of nitrogens with one attached hydrogen (secondary N) is 3. The van der Waals surface area contributed by atoms with E-state index in [0.29, 0.717) is 5.70 Å². The van der Waals surface area contributed by atoms with Crippen molar-refractivity contribution in [2.24, 2.45) is 5.73 Å². The van der Waals surface area contributed by atoms with Crippen molar-refractivity contribution >= 4 is 17.7 Å². The largest absolute Gasteiger partial charge is 0.379 e. The maximum atomic E-state index is 11.1. The molecule has 0 aliphatic rings. The van der Waals surface area contributed by atoms with E-state index in [2.05, 4.69) is 22.5 Å². The maximum absolute atomic E-state index is 11.1. The molecule has 3 amide bonds. The third-order valence-corrected chi connectivity index (χ3v) is 1.55. The second-order valence-corrected chi connectivity index (χ2v) is 2.99. The molecule has 0 unspecified atom stereocenters. The summed E-state index contributed by atoms with van der Waals surface area (Å²) in [6.45, 7) is 3.18. The fourth-order valence-electron chi connectivity index (χ4n) is 0.742. The van der Waals surface area contributed by atoms with Crippen LogP contribution in [0.4, 0.5) is 4.79 Å². The van der Waals surface area contributed by atoms with Gasteiger partial charge in [0.2, 0.25) is 5.91 Å². The van der Waals surface area contributed by atoms with Gasteiger partial charge in [0.15, 0.2) is 0 Å². The summed E-state index contributed by atoms with van der Waals surface area (Å²) in [4.78, 5) is 32.0. The minimum absolute atomic E-state index is 0.0970. The minimum Gasteiger partial charge on any atom is -0.379 e. The Balaban J connectivity index is 3.70. The van der Waals surface area contributed by atoms with Crippen LogP contribution in [0.3, 0.4) is 0 Å². The summed E-state index contributed by atoms with van der Waals surface area (Å²) in [5.41, 5.74) is 5.22. The average molecular weight is 239 g/mol. The number of rotatable bonds is 7. The molecule has 0 spiro atoms. The molecule has 0 aromatic rings. The van der Waals surface area contributed by atoms with E-state index in [4.69, 9.17) is 11.0 Å². The molecule has 0 saturated heterocycles. The number of nitriles is 1. The Morgan fingerprint density at radius 3 is 2.29 bits per heavy atom. The Morgan fingerprint density at radius 2 is 1.76 bits per heavy atom. The van der Waals surface area contributed by atoms with Gasteiger partial charge in [-0.05, 0) is 0 Å². The van der Waals surface area contributed by atoms with Crippen LogP contribution >= 0.6 is 0 Å². The second-order valence-electron chi connectivity index (χ2n) is 2.99. The molecule has 8 heteroatoms. The van der Waals surface area contributed by atoms with Crippen molar-refractivity contribution in [2.75, 3.05) is 19.6 Å². The van der Waals surface area contributed by atoms with Gasteiger partial charge >= 0.3 is 6.03 Å². The van der Waals surface area contributed by atoms with Crippen LogP contribution in [0.25, 0.3) is 0 Å². The molecule has 5 N–H and O–H groups in total. The second kappa shape index (κ2) is 7.70. The lowest BCUT2D eigenvalue weighted by Gasteiger charge is -2.09. The summed E-state index contributed by atoms with van der Waals surface area (Å²) < 4.78 is 0. The molecule has 92 valence electrons. The number of urea groups is 1. The van der Waals surface area contributed by atoms with Crippen LogP contribution in [0.5, 0.6) is 0 Å². The zero-order valence-electron chi connectivity index (χ0n) is 9.08. The van der Waals surface area contributed by atoms with Crippen molar-refractivity contribution < 1.29 is 14.4 Å². The Morgan fingerprint density at radius 1 is 1.12 bits per heavy atom. The van der Waals surface area contributed by atoms with Gasteiger partial charge in [0.25, 0.3) is 5.78 Å². The topological polar surface area (TPSA) is 137 Å². The van der Waals surface area contributed by atoms with Crippen LogP contribution in [0.2, 0.25) is 0 Å². The van der Waals surface area contributed by atoms with Crippen LogP contribution in [-0.2, 0) is 9.59 Å². The lowest BCUT2D eigenvalue weighted by atomic mass is 10.4. The van der Waals surface area contributed by atoms with E-state index in [1.54, 1.807) is 0 Å². The van der Waals surface area contributed by atoms with Crippen LogP contribution < -0.4 is 21.7 Å². The van der Waals surface area contributed by atoms with Gasteiger partial charge in [0.1, 0.15) is 6.07 Å². The molecule has 0 aromatic heterocycles. The number of nitrogens with zero attached hydrogens (tertiary/aromatic N) is 1. The van der Waals surface area contributed by atoms with Gasteiger partial charge in [-0.3, -0.25) is 9.59 Å². The number of primary amides is 1. The highest BCUT2D eigenvalue weighted by molar-refractivity contribution is 5.97. The summed E-state index contributed by atoms with van der Waals surface area (Å²) in [5, 5.41) is 15.3. The third kappa shape index (κ3) is 8.44. The summed E-state index contributed by atoms with van der Waals surface area (Å²) >= 11 is 0. The van der Waals surface area contributed by atoms with Gasteiger partial charge in [-0.25, -0.2) is 4.79 Å². The third-order valence-electron chi connectivity index (χ3n) is 1.55. The Bertz CT molecular complexity index is 371. The quantitative estimate of drug-likeness (QED) is 0.379. The summed E-state index contributed by atoms with van der Waals surface area (Å²) in [6, 6.07) is 0.668. The van der Waals surface area contributed by atoms with Gasteiger partial charge in [-0.2, -0.15) is 5.26 Å². The van der Waals surface area contributed by atoms with Crippen molar-refractivity contribution in [2.45, 2.75) is 0 Å². The summed E-state index contributed by atoms with van der Waals surface area (Å²) in [7, 11) is 0. The molecule has 0 atom stereocenters. The van der Waals surface area contributed by atoms with Gasteiger partial charge in [-0.15, -0.1) is 0 Å². The molecule has 0 rings (SSSR count). The molecule has 0 heterocycles. The number of hydrogen-bond donors (Lipinski definition) is 4. The fourth-order valence-corrected chi connectivity index (χ4v) is 0.742. The van der Waals surface area contributed by atoms with Crippen molar-refractivity contribution in [3.63, 3.8) is 0 Å². The SMILES string of the molecule is C=C(CNC(N)=O)NCC(=O)NCC(=O)C#N. The first-order valence-electron chi connectivity index (χ1n) is 4.60. The molecule has 0 aliphatic carbocycles. The highest BCUT2D eigenvalue weighted by atomic mass is 16.2. The summed E-state index contributed by atoms with van der Waals surface area (Å²) in [5.74, 6) is -1.19. The maximum Gasteiger partial charge on any atom is 0.312 e. The summed E-state index contributed by atoms with van der Waals surface area (Å²) in [6.07, 6.45) is 0. The van der Waals surface area contributed by atoms with E-state index in [9.17, 15) is 14.4 Å². The molecule has 17 heavy (non-hydrogen) atoms. The molecule has 0 aromatic carbocycles. The zero-order valence-corrected chi connectivity index (χ0v) is 9.08. The van der Waals surface area contributed by atoms with Crippen LogP contribution in [-0.4, -0.2) is 37.4 Å². The van der Waals surface area contributed by atoms with E-state index in [-0.39, 0.29) is 19.6 Å². The van der Waals surface area contributed by atoms with Gasteiger partial charge in [0, 0.05) is 5.70 Å². The van der Waals surface area contributed by atoms with E-state index in [1.807, 2.05) is 0 Å². The molecule has 0 saturated carbocycles. The molecular weight excluding hydrogens is 226 g/mol. The van der Waals surface area contributed by atoms with E-state index < -0.39 is 17.7 Å². The monoisotopic (exact) mass is 239 g/mol. The van der Waals surface area contributed by atoms with Crippen molar-refractivity contribution in [1.29, 1.82) is 5.26 Å². The standard InChI is InChI=1S/C9H13N5O3/c1-6(3-14-9(11)17)12-5-8(16)13-4-7(15)2-10/h12H,1,3-5H2,(H,13,16)(H3,11,14,17). The van der Waals surface area contributed by atoms with E-state index in [1.165, 1.54) is 6.07 Å². The van der Waals surface area contributed by atoms with Crippen LogP contribution in [0, 0.1) is 11.3 Å². The van der Waals surface area contributed by atoms with Gasteiger partial charge in [0.05, 0.1) is 19.6 Å². The molecule has 0 aliphatic heterocycles. The average Bonchev–Trinajstić information content (AvgIpc) is 2.30. The molecule has 8 nitrogen and oxygen atoms in total. The fraction of sp³-hybridized carbons (Fsp3) is 0.333. The van der Waals surface area contributed by atoms with Gasteiger partial charge < -0.3 is 21.7 Å². The van der Waals surface area contributed by atoms with Crippen molar-refractivity contribution in [3.8, 4) is 6.07 Å². The smallest absolute Gasteiger partial charge is 0.312 e. The lowest BCUT2D eigenvalue weighted by Crippen LogP contribution is -2.39. The number of hydrogen-bond acceptors (Lipinski definition) is 5. The molecule has 0 bridgehead atoms. The molecule has 0 radical (unpaired) electrons. The highest BCUT2D eigenvalue weighted by Crippen LogP contribution is 1.79. The molecular formula is C9H13N5O3. The minimum atomic E-state index is -0.729. The normalized spacial score (nSPS) is 8.65. The number of nitrogens with two attached hydrogens (primary N) is 1. The predicted octanol–water partition coefficient (Wildman–Crippen LogP) is -2.03. The number of ketones is 1. The van der Waals surface area contributed by atoms with Crippen LogP contribution in [0.1, 0.15) is 0 Å². The number of carbonyl (C=O) groups excluding carboxylic acids is 3. The van der Waals surface area contributed by atoms with E-state index in [0.717, 1.165) is 0 Å². The van der Waals surface area contributed by atoms with Crippen molar-refractivity contribution in [3.05, 3.63) is 12.3 Å². The first-order valence-corrected chi connectivity index (χ1v) is 4.60. The van der Waals surface area contributed by atoms with Crippen molar-refractivity contribution in [1.82, 2.24) is 16.0 Å². The number of amides is 3. The number of carbonyl (C=O) groups is 3. The number of Topliss-reactive ketones (excluding diaryl/α,β-unsaturated/α-hetero) is 1.